The van der Waals surface area contributed by atoms with Crippen LogP contribution in [0.4, 0.5) is 11.8 Å². The predicted molar refractivity (Wildman–Crippen MR) is 62.4 cm³/mol. The van der Waals surface area contributed by atoms with E-state index in [1.807, 2.05) is 19.3 Å². The molecule has 1 fully saturated rings. The summed E-state index contributed by atoms with van der Waals surface area (Å²) in [5.41, 5.74) is 0. The van der Waals surface area contributed by atoms with Crippen LogP contribution < -0.4 is 9.80 Å². The summed E-state index contributed by atoms with van der Waals surface area (Å²) in [6, 6.07) is 2.00. The third-order valence-corrected chi connectivity index (χ3v) is 2.87. The number of rotatable bonds is 3. The van der Waals surface area contributed by atoms with Crippen LogP contribution in [0.1, 0.15) is 19.8 Å². The molecule has 0 spiro atoms. The van der Waals surface area contributed by atoms with E-state index in [0.29, 0.717) is 0 Å². The number of nitrogens with zero attached hydrogens (tertiary/aromatic N) is 4. The van der Waals surface area contributed by atoms with Gasteiger partial charge in [0.2, 0.25) is 5.95 Å². The fraction of sp³-hybridized carbons (Fsp3) is 0.636. The molecule has 2 rings (SSSR count). The summed E-state index contributed by atoms with van der Waals surface area (Å²) >= 11 is 0. The van der Waals surface area contributed by atoms with Crippen molar-refractivity contribution in [1.82, 2.24) is 9.97 Å². The molecule has 1 aromatic heterocycles. The van der Waals surface area contributed by atoms with Crippen LogP contribution >= 0.6 is 0 Å². The molecule has 0 unspecified atom stereocenters. The number of anilines is 2. The first kappa shape index (κ1) is 10.2. The van der Waals surface area contributed by atoms with E-state index in [1.165, 1.54) is 12.8 Å². The molecular weight excluding hydrogens is 188 g/mol. The molecule has 1 aromatic rings. The summed E-state index contributed by atoms with van der Waals surface area (Å²) in [5.74, 6) is 1.89. The minimum atomic E-state index is 0.821. The quantitative estimate of drug-likeness (QED) is 0.751. The first-order valence-electron chi connectivity index (χ1n) is 5.60. The lowest BCUT2D eigenvalue weighted by atomic mass is 10.4. The van der Waals surface area contributed by atoms with E-state index in [1.54, 1.807) is 0 Å². The Hall–Kier alpha value is -1.32. The van der Waals surface area contributed by atoms with Gasteiger partial charge in [-0.3, -0.25) is 0 Å². The van der Waals surface area contributed by atoms with Gasteiger partial charge in [-0.25, -0.2) is 4.98 Å². The van der Waals surface area contributed by atoms with Gasteiger partial charge in [0.15, 0.2) is 0 Å². The Morgan fingerprint density at radius 2 is 2.13 bits per heavy atom. The lowest BCUT2D eigenvalue weighted by Gasteiger charge is -2.19. The second-order valence-corrected chi connectivity index (χ2v) is 3.92. The van der Waals surface area contributed by atoms with E-state index < -0.39 is 0 Å². The van der Waals surface area contributed by atoms with E-state index in [4.69, 9.17) is 0 Å². The van der Waals surface area contributed by atoms with Crippen LogP contribution in [-0.4, -0.2) is 36.6 Å². The summed E-state index contributed by atoms with van der Waals surface area (Å²) in [4.78, 5) is 13.2. The maximum absolute atomic E-state index is 4.57. The fourth-order valence-electron chi connectivity index (χ4n) is 1.79. The van der Waals surface area contributed by atoms with E-state index >= 15 is 0 Å². The Morgan fingerprint density at radius 3 is 2.80 bits per heavy atom. The van der Waals surface area contributed by atoms with Crippen molar-refractivity contribution >= 4 is 11.8 Å². The van der Waals surface area contributed by atoms with Gasteiger partial charge in [0.05, 0.1) is 0 Å². The largest absolute Gasteiger partial charge is 0.356 e. The molecule has 1 aliphatic heterocycles. The smallest absolute Gasteiger partial charge is 0.226 e. The molecule has 0 aliphatic carbocycles. The van der Waals surface area contributed by atoms with Gasteiger partial charge in [-0.2, -0.15) is 4.98 Å². The van der Waals surface area contributed by atoms with Gasteiger partial charge in [0, 0.05) is 32.9 Å². The van der Waals surface area contributed by atoms with E-state index in [2.05, 4.69) is 26.7 Å². The molecular formula is C11H18N4. The molecule has 82 valence electrons. The zero-order chi connectivity index (χ0) is 10.7. The molecule has 0 bridgehead atoms. The van der Waals surface area contributed by atoms with Gasteiger partial charge in [0.1, 0.15) is 5.82 Å². The molecule has 0 saturated carbocycles. The maximum atomic E-state index is 4.57. The molecule has 15 heavy (non-hydrogen) atoms. The molecule has 1 aliphatic rings. The highest BCUT2D eigenvalue weighted by atomic mass is 15.3. The number of hydrogen-bond donors (Lipinski definition) is 0. The standard InChI is InChI=1S/C11H18N4/c1-3-14(2)11-12-7-6-10(13-11)15-8-4-5-9-15/h6-7H,3-5,8-9H2,1-2H3. The molecule has 4 nitrogen and oxygen atoms in total. The van der Waals surface area contributed by atoms with Crippen molar-refractivity contribution in [3.8, 4) is 0 Å². The van der Waals surface area contributed by atoms with Gasteiger partial charge in [-0.1, -0.05) is 0 Å². The topological polar surface area (TPSA) is 32.3 Å². The monoisotopic (exact) mass is 206 g/mol. The number of aromatic nitrogens is 2. The van der Waals surface area contributed by atoms with Crippen LogP contribution in [0.2, 0.25) is 0 Å². The molecule has 0 aromatic carbocycles. The summed E-state index contributed by atoms with van der Waals surface area (Å²) in [7, 11) is 2.02. The van der Waals surface area contributed by atoms with Crippen LogP contribution in [-0.2, 0) is 0 Å². The van der Waals surface area contributed by atoms with Crippen molar-refractivity contribution < 1.29 is 0 Å². The third-order valence-electron chi connectivity index (χ3n) is 2.87. The van der Waals surface area contributed by atoms with Crippen LogP contribution in [0.3, 0.4) is 0 Å². The Kier molecular flexibility index (Phi) is 3.04. The maximum Gasteiger partial charge on any atom is 0.226 e. The normalized spacial score (nSPS) is 15.7. The fourth-order valence-corrected chi connectivity index (χ4v) is 1.79. The van der Waals surface area contributed by atoms with Crippen LogP contribution in [0, 0.1) is 0 Å². The third kappa shape index (κ3) is 2.19. The van der Waals surface area contributed by atoms with Crippen LogP contribution in [0.25, 0.3) is 0 Å². The summed E-state index contributed by atoms with van der Waals surface area (Å²) in [5, 5.41) is 0. The Morgan fingerprint density at radius 1 is 1.40 bits per heavy atom. The van der Waals surface area contributed by atoms with E-state index in [0.717, 1.165) is 31.4 Å². The van der Waals surface area contributed by atoms with Gasteiger partial charge < -0.3 is 9.80 Å². The zero-order valence-electron chi connectivity index (χ0n) is 9.48. The van der Waals surface area contributed by atoms with Crippen molar-refractivity contribution in [2.45, 2.75) is 19.8 Å². The van der Waals surface area contributed by atoms with Gasteiger partial charge in [-0.05, 0) is 25.8 Å². The summed E-state index contributed by atoms with van der Waals surface area (Å²) in [6.45, 7) is 5.30. The van der Waals surface area contributed by atoms with Gasteiger partial charge in [0.25, 0.3) is 0 Å². The van der Waals surface area contributed by atoms with Crippen LogP contribution in [0.15, 0.2) is 12.3 Å². The van der Waals surface area contributed by atoms with Gasteiger partial charge >= 0.3 is 0 Å². The van der Waals surface area contributed by atoms with E-state index in [-0.39, 0.29) is 0 Å². The van der Waals surface area contributed by atoms with E-state index in [9.17, 15) is 0 Å². The van der Waals surface area contributed by atoms with Crippen molar-refractivity contribution in [3.05, 3.63) is 12.3 Å². The minimum absolute atomic E-state index is 0.821. The van der Waals surface area contributed by atoms with Gasteiger partial charge in [-0.15, -0.1) is 0 Å². The van der Waals surface area contributed by atoms with Crippen molar-refractivity contribution in [1.29, 1.82) is 0 Å². The molecule has 2 heterocycles. The lowest BCUT2D eigenvalue weighted by molar-refractivity contribution is 0.873. The second kappa shape index (κ2) is 4.47. The molecule has 0 amide bonds. The summed E-state index contributed by atoms with van der Waals surface area (Å²) in [6.07, 6.45) is 4.41. The lowest BCUT2D eigenvalue weighted by Crippen LogP contribution is -2.23. The molecule has 1 saturated heterocycles. The highest BCUT2D eigenvalue weighted by Gasteiger charge is 2.14. The Labute approximate surface area is 90.9 Å². The highest BCUT2D eigenvalue weighted by molar-refractivity contribution is 5.43. The van der Waals surface area contributed by atoms with Crippen molar-refractivity contribution in [2.75, 3.05) is 36.5 Å². The average Bonchev–Trinajstić information content (AvgIpc) is 2.82. The van der Waals surface area contributed by atoms with Crippen LogP contribution in [0.5, 0.6) is 0 Å². The summed E-state index contributed by atoms with van der Waals surface area (Å²) < 4.78 is 0. The predicted octanol–water partition coefficient (Wildman–Crippen LogP) is 1.53. The van der Waals surface area contributed by atoms with Crippen molar-refractivity contribution in [3.63, 3.8) is 0 Å². The Balaban J connectivity index is 2.18. The van der Waals surface area contributed by atoms with Crippen molar-refractivity contribution in [2.24, 2.45) is 0 Å². The number of hydrogen-bond acceptors (Lipinski definition) is 4. The first-order chi connectivity index (χ1) is 7.31. The second-order valence-electron chi connectivity index (χ2n) is 3.92. The SMILES string of the molecule is CCN(C)c1nccc(N2CCCC2)n1. The molecule has 0 radical (unpaired) electrons. The molecule has 0 atom stereocenters. The first-order valence-corrected chi connectivity index (χ1v) is 5.60. The molecule has 0 N–H and O–H groups in total. The highest BCUT2D eigenvalue weighted by Crippen LogP contribution is 2.18. The molecule has 4 heteroatoms. The average molecular weight is 206 g/mol. The Bertz CT molecular complexity index is 320. The zero-order valence-corrected chi connectivity index (χ0v) is 9.48. The minimum Gasteiger partial charge on any atom is -0.356 e.